The number of nitrogens with zero attached hydrogens (tertiary/aromatic N) is 1. The topological polar surface area (TPSA) is 73.7 Å². The molecule has 0 unspecified atom stereocenters. The second-order valence-electron chi connectivity index (χ2n) is 3.76. The Kier molecular flexibility index (Phi) is 3.05. The first kappa shape index (κ1) is 10.9. The van der Waals surface area contributed by atoms with Crippen LogP contribution in [-0.2, 0) is 4.74 Å². The molecule has 0 saturated carbocycles. The van der Waals surface area contributed by atoms with E-state index in [1.54, 1.807) is 13.2 Å². The summed E-state index contributed by atoms with van der Waals surface area (Å²) < 4.78 is 10.6. The van der Waals surface area contributed by atoms with Crippen molar-refractivity contribution in [2.45, 2.75) is 0 Å². The van der Waals surface area contributed by atoms with E-state index in [0.29, 0.717) is 17.1 Å². The van der Waals surface area contributed by atoms with Crippen LogP contribution in [0.4, 0.5) is 17.1 Å². The maximum atomic E-state index is 5.88. The van der Waals surface area contributed by atoms with E-state index in [4.69, 9.17) is 20.9 Å². The Morgan fingerprint density at radius 3 is 2.56 bits per heavy atom. The van der Waals surface area contributed by atoms with Crippen LogP contribution < -0.4 is 21.1 Å². The summed E-state index contributed by atoms with van der Waals surface area (Å²) in [5.41, 5.74) is 13.8. The van der Waals surface area contributed by atoms with Gasteiger partial charge in [0.15, 0.2) is 5.75 Å². The lowest BCUT2D eigenvalue weighted by Gasteiger charge is -2.30. The van der Waals surface area contributed by atoms with Crippen LogP contribution in [0.5, 0.6) is 5.75 Å². The van der Waals surface area contributed by atoms with E-state index < -0.39 is 0 Å². The van der Waals surface area contributed by atoms with Gasteiger partial charge in [0, 0.05) is 18.8 Å². The van der Waals surface area contributed by atoms with E-state index in [0.717, 1.165) is 32.0 Å². The average molecular weight is 223 g/mol. The number of benzene rings is 1. The number of ether oxygens (including phenoxy) is 2. The minimum absolute atomic E-state index is 0.573. The minimum atomic E-state index is 0.573. The van der Waals surface area contributed by atoms with Crippen molar-refractivity contribution >= 4 is 17.1 Å². The summed E-state index contributed by atoms with van der Waals surface area (Å²) in [5.74, 6) is 0.691. The lowest BCUT2D eigenvalue weighted by atomic mass is 10.2. The molecule has 5 heteroatoms. The third kappa shape index (κ3) is 1.99. The van der Waals surface area contributed by atoms with E-state index >= 15 is 0 Å². The SMILES string of the molecule is COc1c(N)cc(N)cc1N1CCOCC1. The van der Waals surface area contributed by atoms with Crippen molar-refractivity contribution in [3.63, 3.8) is 0 Å². The molecule has 1 saturated heterocycles. The molecule has 0 amide bonds. The molecule has 4 N–H and O–H groups in total. The van der Waals surface area contributed by atoms with Gasteiger partial charge in [-0.1, -0.05) is 0 Å². The van der Waals surface area contributed by atoms with E-state index in [2.05, 4.69) is 4.90 Å². The molecule has 1 aliphatic rings. The van der Waals surface area contributed by atoms with Gasteiger partial charge in [0.25, 0.3) is 0 Å². The Labute approximate surface area is 94.9 Å². The second-order valence-corrected chi connectivity index (χ2v) is 3.76. The minimum Gasteiger partial charge on any atom is -0.492 e. The van der Waals surface area contributed by atoms with Crippen LogP contribution >= 0.6 is 0 Å². The largest absolute Gasteiger partial charge is 0.492 e. The lowest BCUT2D eigenvalue weighted by Crippen LogP contribution is -2.36. The third-order valence-corrected chi connectivity index (χ3v) is 2.68. The number of hydrogen-bond donors (Lipinski definition) is 2. The number of rotatable bonds is 2. The van der Waals surface area contributed by atoms with Gasteiger partial charge in [0.1, 0.15) is 0 Å². The van der Waals surface area contributed by atoms with Gasteiger partial charge in [-0.15, -0.1) is 0 Å². The first-order valence-corrected chi connectivity index (χ1v) is 5.28. The van der Waals surface area contributed by atoms with Crippen molar-refractivity contribution in [1.29, 1.82) is 0 Å². The van der Waals surface area contributed by atoms with Crippen LogP contribution in [-0.4, -0.2) is 33.4 Å². The Morgan fingerprint density at radius 2 is 1.94 bits per heavy atom. The second kappa shape index (κ2) is 4.49. The van der Waals surface area contributed by atoms with Gasteiger partial charge in [-0.25, -0.2) is 0 Å². The summed E-state index contributed by atoms with van der Waals surface area (Å²) in [4.78, 5) is 2.18. The van der Waals surface area contributed by atoms with Gasteiger partial charge in [-0.2, -0.15) is 0 Å². The number of anilines is 3. The fraction of sp³-hybridized carbons (Fsp3) is 0.455. The number of nitrogens with two attached hydrogens (primary N) is 2. The Bertz CT molecular complexity index is 376. The fourth-order valence-corrected chi connectivity index (χ4v) is 1.92. The maximum Gasteiger partial charge on any atom is 0.165 e. The van der Waals surface area contributed by atoms with Gasteiger partial charge >= 0.3 is 0 Å². The normalized spacial score (nSPS) is 16.2. The molecule has 1 fully saturated rings. The van der Waals surface area contributed by atoms with Crippen molar-refractivity contribution < 1.29 is 9.47 Å². The highest BCUT2D eigenvalue weighted by Crippen LogP contribution is 2.36. The lowest BCUT2D eigenvalue weighted by molar-refractivity contribution is 0.122. The molecular weight excluding hydrogens is 206 g/mol. The molecule has 1 heterocycles. The fourth-order valence-electron chi connectivity index (χ4n) is 1.92. The van der Waals surface area contributed by atoms with Crippen LogP contribution in [0.15, 0.2) is 12.1 Å². The number of hydrogen-bond acceptors (Lipinski definition) is 5. The summed E-state index contributed by atoms with van der Waals surface area (Å²) >= 11 is 0. The Morgan fingerprint density at radius 1 is 1.25 bits per heavy atom. The molecule has 1 aromatic carbocycles. The van der Waals surface area contributed by atoms with Crippen molar-refractivity contribution in [3.05, 3.63) is 12.1 Å². The molecule has 0 aromatic heterocycles. The molecule has 0 atom stereocenters. The van der Waals surface area contributed by atoms with Crippen molar-refractivity contribution in [2.75, 3.05) is 49.8 Å². The molecule has 0 aliphatic carbocycles. The van der Waals surface area contributed by atoms with Gasteiger partial charge in [-0.3, -0.25) is 0 Å². The summed E-state index contributed by atoms with van der Waals surface area (Å²) in [5, 5.41) is 0. The molecular formula is C11H17N3O2. The van der Waals surface area contributed by atoms with Gasteiger partial charge in [-0.05, 0) is 12.1 Å². The summed E-state index contributed by atoms with van der Waals surface area (Å²) in [6, 6.07) is 3.60. The highest BCUT2D eigenvalue weighted by Gasteiger charge is 2.17. The number of methoxy groups -OCH3 is 1. The summed E-state index contributed by atoms with van der Waals surface area (Å²) in [7, 11) is 1.62. The molecule has 2 rings (SSSR count). The van der Waals surface area contributed by atoms with Crippen LogP contribution in [0.2, 0.25) is 0 Å². The molecule has 1 aliphatic heterocycles. The highest BCUT2D eigenvalue weighted by molar-refractivity contribution is 5.76. The molecule has 5 nitrogen and oxygen atoms in total. The van der Waals surface area contributed by atoms with Gasteiger partial charge < -0.3 is 25.8 Å². The Hall–Kier alpha value is -1.62. The molecule has 88 valence electrons. The van der Waals surface area contributed by atoms with Crippen LogP contribution in [0.1, 0.15) is 0 Å². The smallest absolute Gasteiger partial charge is 0.165 e. The van der Waals surface area contributed by atoms with Crippen LogP contribution in [0.3, 0.4) is 0 Å². The zero-order valence-electron chi connectivity index (χ0n) is 9.40. The number of morpholine rings is 1. The van der Waals surface area contributed by atoms with Crippen molar-refractivity contribution in [3.8, 4) is 5.75 Å². The zero-order valence-corrected chi connectivity index (χ0v) is 9.40. The quantitative estimate of drug-likeness (QED) is 0.722. The van der Waals surface area contributed by atoms with Gasteiger partial charge in [0.2, 0.25) is 0 Å². The predicted molar refractivity (Wildman–Crippen MR) is 64.9 cm³/mol. The van der Waals surface area contributed by atoms with E-state index in [-0.39, 0.29) is 0 Å². The van der Waals surface area contributed by atoms with Gasteiger partial charge in [0.05, 0.1) is 31.7 Å². The summed E-state index contributed by atoms with van der Waals surface area (Å²) in [6.07, 6.45) is 0. The summed E-state index contributed by atoms with van der Waals surface area (Å²) in [6.45, 7) is 3.11. The number of nitrogen functional groups attached to an aromatic ring is 2. The van der Waals surface area contributed by atoms with E-state index in [1.165, 1.54) is 0 Å². The molecule has 0 bridgehead atoms. The average Bonchev–Trinajstić information content (AvgIpc) is 2.29. The Balaban J connectivity index is 2.36. The zero-order chi connectivity index (χ0) is 11.5. The first-order chi connectivity index (χ1) is 7.72. The first-order valence-electron chi connectivity index (χ1n) is 5.28. The monoisotopic (exact) mass is 223 g/mol. The molecule has 1 aromatic rings. The predicted octanol–water partition coefficient (Wildman–Crippen LogP) is 0.696. The molecule has 0 radical (unpaired) electrons. The van der Waals surface area contributed by atoms with E-state index in [9.17, 15) is 0 Å². The van der Waals surface area contributed by atoms with E-state index in [1.807, 2.05) is 6.07 Å². The van der Waals surface area contributed by atoms with Crippen molar-refractivity contribution in [1.82, 2.24) is 0 Å². The third-order valence-electron chi connectivity index (χ3n) is 2.68. The molecule has 16 heavy (non-hydrogen) atoms. The molecule has 0 spiro atoms. The van der Waals surface area contributed by atoms with Crippen LogP contribution in [0.25, 0.3) is 0 Å². The van der Waals surface area contributed by atoms with Crippen molar-refractivity contribution in [2.24, 2.45) is 0 Å². The highest BCUT2D eigenvalue weighted by atomic mass is 16.5. The maximum absolute atomic E-state index is 5.88. The standard InChI is InChI=1S/C11H17N3O2/c1-15-11-9(13)6-8(12)7-10(11)14-2-4-16-5-3-14/h6-7H,2-5,12-13H2,1H3. The van der Waals surface area contributed by atoms with Crippen LogP contribution in [0, 0.1) is 0 Å².